The summed E-state index contributed by atoms with van der Waals surface area (Å²) in [5.41, 5.74) is 12.5. The van der Waals surface area contributed by atoms with Crippen molar-refractivity contribution in [2.24, 2.45) is 0 Å². The fraction of sp³-hybridized carbons (Fsp3) is 0.139. The van der Waals surface area contributed by atoms with Gasteiger partial charge in [-0.1, -0.05) is 48.5 Å². The summed E-state index contributed by atoms with van der Waals surface area (Å²) in [6, 6.07) is 24.6. The molecule has 2 heterocycles. The summed E-state index contributed by atoms with van der Waals surface area (Å²) in [5, 5.41) is 11.2. The van der Waals surface area contributed by atoms with Gasteiger partial charge in [0.05, 0.1) is 55.0 Å². The number of fused-ring (bicyclic) bond motifs is 8. The minimum absolute atomic E-state index is 0. The van der Waals surface area contributed by atoms with Gasteiger partial charge in [0.25, 0.3) is 0 Å². The molecule has 2 aliphatic carbocycles. The molecule has 2 aromatic heterocycles. The van der Waals surface area contributed by atoms with Crippen LogP contribution < -0.4 is 113 Å². The van der Waals surface area contributed by atoms with E-state index < -0.39 is 15.9 Å². The molecule has 12 heteroatoms. The van der Waals surface area contributed by atoms with Gasteiger partial charge in [0.15, 0.2) is 0 Å². The summed E-state index contributed by atoms with van der Waals surface area (Å²) in [5.74, 6) is -0.397. The number of rotatable bonds is 8. The molecule has 0 saturated heterocycles. The van der Waals surface area contributed by atoms with E-state index in [1.165, 1.54) is 0 Å². The van der Waals surface area contributed by atoms with Crippen molar-refractivity contribution in [2.45, 2.75) is 12.8 Å². The van der Waals surface area contributed by atoms with Crippen LogP contribution in [-0.4, -0.2) is 51.7 Å². The largest absolute Gasteiger partial charge is 1.00 e. The zero-order chi connectivity index (χ0) is 31.2. The molecular formula is C36H26K2N6O3S. The Hall–Kier alpha value is -1.92. The van der Waals surface area contributed by atoms with Gasteiger partial charge >= 0.3 is 103 Å². The number of aromatic nitrogens is 4. The Labute approximate surface area is 362 Å². The van der Waals surface area contributed by atoms with Crippen molar-refractivity contribution < 1.29 is 116 Å². The molecular weight excluding hydrogens is 675 g/mol. The van der Waals surface area contributed by atoms with Crippen molar-refractivity contribution in [3.8, 4) is 45.0 Å². The minimum atomic E-state index is -4.24. The molecule has 7 aromatic rings. The summed E-state index contributed by atoms with van der Waals surface area (Å²) < 4.78 is 33.1. The predicted molar refractivity (Wildman–Crippen MR) is 183 cm³/mol. The second-order valence-corrected chi connectivity index (χ2v) is 13.3. The van der Waals surface area contributed by atoms with Crippen molar-refractivity contribution in [1.29, 1.82) is 0 Å². The predicted octanol–water partition coefficient (Wildman–Crippen LogP) is 1.17. The van der Waals surface area contributed by atoms with Gasteiger partial charge in [-0.15, -0.1) is 0 Å². The van der Waals surface area contributed by atoms with Crippen LogP contribution in [0, 0.1) is 6.92 Å². The maximum absolute atomic E-state index is 11.0. The number of nitrogens with one attached hydrogen (secondary N) is 2. The van der Waals surface area contributed by atoms with Gasteiger partial charge in [-0.05, 0) is 37.2 Å². The Kier molecular flexibility index (Phi) is 9.59. The number of nitrogens with zero attached hydrogens (tertiary/aromatic N) is 4. The van der Waals surface area contributed by atoms with Crippen LogP contribution in [0.15, 0.2) is 72.8 Å². The van der Waals surface area contributed by atoms with Crippen LogP contribution in [0.3, 0.4) is 0 Å². The Bertz CT molecular complexity index is 2500. The van der Waals surface area contributed by atoms with E-state index in [4.69, 9.17) is 19.9 Å². The van der Waals surface area contributed by atoms with Crippen molar-refractivity contribution in [3.63, 3.8) is 0 Å². The summed E-state index contributed by atoms with van der Waals surface area (Å²) in [7, 11) is -4.24. The van der Waals surface area contributed by atoms with E-state index in [0.29, 0.717) is 6.54 Å². The van der Waals surface area contributed by atoms with E-state index in [2.05, 4.69) is 54.0 Å². The van der Waals surface area contributed by atoms with Crippen LogP contribution in [0.5, 0.6) is 0 Å². The number of hydrogen-bond donors (Lipinski definition) is 2. The first-order valence-electron chi connectivity index (χ1n) is 15.2. The van der Waals surface area contributed by atoms with Crippen LogP contribution in [0.4, 0.5) is 11.4 Å². The van der Waals surface area contributed by atoms with Crippen LogP contribution in [-0.2, 0) is 10.1 Å². The normalized spacial score (nSPS) is 12.2. The number of benzene rings is 5. The summed E-state index contributed by atoms with van der Waals surface area (Å²) in [6.07, 6.45) is 1.04. The zero-order valence-electron chi connectivity index (χ0n) is 26.6. The molecule has 0 radical (unpaired) electrons. The van der Waals surface area contributed by atoms with E-state index in [0.717, 1.165) is 113 Å². The molecule has 2 N–H and O–H groups in total. The molecule has 0 atom stereocenters. The van der Waals surface area contributed by atoms with Gasteiger partial charge < -0.3 is 22.1 Å². The molecule has 2 aliphatic rings. The van der Waals surface area contributed by atoms with E-state index in [9.17, 15) is 13.0 Å². The van der Waals surface area contributed by atoms with Crippen molar-refractivity contribution >= 4 is 65.1 Å². The van der Waals surface area contributed by atoms with E-state index in [1.54, 1.807) is 0 Å². The third-order valence-electron chi connectivity index (χ3n) is 8.93. The molecule has 48 heavy (non-hydrogen) atoms. The average molecular weight is 701 g/mol. The van der Waals surface area contributed by atoms with Gasteiger partial charge in [0, 0.05) is 67.5 Å². The van der Waals surface area contributed by atoms with Crippen molar-refractivity contribution in [3.05, 3.63) is 79.7 Å². The smallest absolute Gasteiger partial charge is 0.748 e. The molecule has 0 spiro atoms. The van der Waals surface area contributed by atoms with E-state index in [1.807, 2.05) is 36.4 Å². The second kappa shape index (κ2) is 13.3. The zero-order valence-corrected chi connectivity index (χ0v) is 33.7. The number of anilines is 2. The fourth-order valence-electron chi connectivity index (χ4n) is 6.96. The van der Waals surface area contributed by atoms with Gasteiger partial charge in [-0.25, -0.2) is 28.4 Å². The maximum atomic E-state index is 11.0. The van der Waals surface area contributed by atoms with Crippen LogP contribution in [0.2, 0.25) is 0 Å². The second-order valence-electron chi connectivity index (χ2n) is 11.8. The molecule has 0 fully saturated rings. The third kappa shape index (κ3) is 5.67. The fourth-order valence-corrected chi connectivity index (χ4v) is 7.46. The van der Waals surface area contributed by atoms with Gasteiger partial charge in [0.2, 0.25) is 0 Å². The molecule has 9 nitrogen and oxygen atoms in total. The van der Waals surface area contributed by atoms with Gasteiger partial charge in [-0.3, -0.25) is 0 Å². The minimum Gasteiger partial charge on any atom is -0.748 e. The monoisotopic (exact) mass is 700 g/mol. The van der Waals surface area contributed by atoms with Gasteiger partial charge in [-0.2, -0.15) is 6.42 Å². The Balaban J connectivity index is 0.00000182. The van der Waals surface area contributed by atoms with Crippen LogP contribution in [0.25, 0.3) is 88.6 Å². The molecule has 0 aliphatic heterocycles. The molecule has 0 unspecified atom stereocenters. The third-order valence-corrected chi connectivity index (χ3v) is 9.72. The van der Waals surface area contributed by atoms with E-state index in [-0.39, 0.29) is 109 Å². The Morgan fingerprint density at radius 1 is 0.604 bits per heavy atom. The van der Waals surface area contributed by atoms with Gasteiger partial charge in [0.1, 0.15) is 0 Å². The van der Waals surface area contributed by atoms with Crippen molar-refractivity contribution in [2.75, 3.05) is 29.5 Å². The maximum Gasteiger partial charge on any atom is 1.00 e. The Morgan fingerprint density at radius 2 is 1.02 bits per heavy atom. The SMILES string of the molecule is [CH2-]CCNc1ccc2c3c(cccc13)-c1nc3cc4nc5c(nc4cc3nc1-2)-c1cccc2c(NCCCS(=O)(=O)[O-])ccc-5c12.[K+].[K+]. The molecule has 5 aromatic carbocycles. The standard InChI is InChI=1S/C36H27N6O3S.2K/c1-2-14-37-25-12-10-23-31-19(25)6-3-8-21(31)33-35(23)41-29-18-28-30(17-27(29)39-33)42-36-24-11-13-26(38-15-5-16-46(43,44)45)20-7-4-9-22(32(20)24)34(36)40-28;;/h3-4,6-13,17-18,37-38H,1-2,5,14-16H2,(H,43,44,45);;/q-1;2*+1/p-1. The van der Waals surface area contributed by atoms with Crippen LogP contribution in [0.1, 0.15) is 12.8 Å². The van der Waals surface area contributed by atoms with E-state index >= 15 is 0 Å². The molecule has 9 rings (SSSR count). The summed E-state index contributed by atoms with van der Waals surface area (Å²) in [4.78, 5) is 20.5. The number of hydrogen-bond acceptors (Lipinski definition) is 9. The first-order valence-corrected chi connectivity index (χ1v) is 16.8. The molecule has 0 bridgehead atoms. The molecule has 0 saturated carbocycles. The average Bonchev–Trinajstić information content (AvgIpc) is 3.53. The van der Waals surface area contributed by atoms with Crippen molar-refractivity contribution in [1.82, 2.24) is 19.9 Å². The molecule has 0 amide bonds. The summed E-state index contributed by atoms with van der Waals surface area (Å²) in [6.45, 7) is 5.13. The Morgan fingerprint density at radius 3 is 1.44 bits per heavy atom. The summed E-state index contributed by atoms with van der Waals surface area (Å²) >= 11 is 0. The first kappa shape index (κ1) is 34.5. The molecule has 226 valence electrons. The first-order chi connectivity index (χ1) is 22.4. The topological polar surface area (TPSA) is 133 Å². The van der Waals surface area contributed by atoms with Crippen LogP contribution >= 0.6 is 0 Å². The quantitative estimate of drug-likeness (QED) is 0.0789.